The fourth-order valence-electron chi connectivity index (χ4n) is 2.33. The van der Waals surface area contributed by atoms with Crippen molar-refractivity contribution in [2.24, 2.45) is 0 Å². The molecule has 1 aromatic carbocycles. The molecule has 1 aliphatic heterocycles. The van der Waals surface area contributed by atoms with E-state index < -0.39 is 4.92 Å². The molecule has 0 saturated carbocycles. The van der Waals surface area contributed by atoms with Gasteiger partial charge in [-0.3, -0.25) is 10.1 Å². The number of allylic oxidation sites excluding steroid dienone is 4. The number of rotatable bonds is 1. The molecule has 0 fully saturated rings. The summed E-state index contributed by atoms with van der Waals surface area (Å²) in [6.07, 6.45) is 0. The number of nitriles is 1. The molecular formula is C16H19N3O2. The molecule has 2 rings (SSSR count). The van der Waals surface area contributed by atoms with Gasteiger partial charge in [-0.25, -0.2) is 0 Å². The zero-order valence-electron chi connectivity index (χ0n) is 12.7. The maximum Gasteiger partial charge on any atom is 0.194 e. The number of nitrogens with zero attached hydrogens (tertiary/aromatic N) is 2. The molecule has 1 aliphatic rings. The molecule has 0 bridgehead atoms. The van der Waals surface area contributed by atoms with Crippen molar-refractivity contribution in [1.29, 1.82) is 5.26 Å². The van der Waals surface area contributed by atoms with Crippen molar-refractivity contribution in [2.45, 2.75) is 26.7 Å². The molecule has 0 aliphatic carbocycles. The van der Waals surface area contributed by atoms with Crippen LogP contribution in [0.2, 0.25) is 0 Å². The molecule has 1 atom stereocenters. The Kier molecular flexibility index (Phi) is 5.67. The van der Waals surface area contributed by atoms with Crippen molar-refractivity contribution in [1.82, 2.24) is 5.32 Å². The SMILES string of the molecule is CC1=C(C)C(c2ccccc2)C(C)=C(C#N)N1.C[N+](=O)[O-]. The Labute approximate surface area is 124 Å². The molecule has 1 aromatic rings. The Morgan fingerprint density at radius 1 is 1.19 bits per heavy atom. The van der Waals surface area contributed by atoms with Crippen molar-refractivity contribution in [3.8, 4) is 6.07 Å². The van der Waals surface area contributed by atoms with Gasteiger partial charge in [-0.2, -0.15) is 5.26 Å². The lowest BCUT2D eigenvalue weighted by Crippen LogP contribution is -2.22. The van der Waals surface area contributed by atoms with E-state index in [9.17, 15) is 0 Å². The molecule has 1 heterocycles. The summed E-state index contributed by atoms with van der Waals surface area (Å²) in [5, 5.41) is 21.1. The van der Waals surface area contributed by atoms with Crippen LogP contribution in [0, 0.1) is 21.4 Å². The fourth-order valence-corrected chi connectivity index (χ4v) is 2.33. The summed E-state index contributed by atoms with van der Waals surface area (Å²) in [4.78, 5) is 8.31. The van der Waals surface area contributed by atoms with E-state index in [1.54, 1.807) is 0 Å². The summed E-state index contributed by atoms with van der Waals surface area (Å²) >= 11 is 0. The van der Waals surface area contributed by atoms with Gasteiger partial charge in [0.05, 0.1) is 0 Å². The topological polar surface area (TPSA) is 79.0 Å². The second-order valence-corrected chi connectivity index (χ2v) is 4.89. The predicted octanol–water partition coefficient (Wildman–Crippen LogP) is 3.36. The molecule has 21 heavy (non-hydrogen) atoms. The van der Waals surface area contributed by atoms with Crippen LogP contribution in [0.3, 0.4) is 0 Å². The molecule has 5 nitrogen and oxygen atoms in total. The van der Waals surface area contributed by atoms with Crippen molar-refractivity contribution >= 4 is 0 Å². The van der Waals surface area contributed by atoms with E-state index in [1.807, 2.05) is 32.0 Å². The van der Waals surface area contributed by atoms with E-state index >= 15 is 0 Å². The van der Waals surface area contributed by atoms with Crippen LogP contribution in [0.1, 0.15) is 32.3 Å². The third-order valence-corrected chi connectivity index (χ3v) is 3.41. The second kappa shape index (κ2) is 7.25. The maximum atomic E-state index is 9.14. The molecule has 0 aromatic heterocycles. The molecular weight excluding hydrogens is 266 g/mol. The third kappa shape index (κ3) is 4.18. The van der Waals surface area contributed by atoms with Gasteiger partial charge in [0, 0.05) is 16.5 Å². The number of nitrogens with one attached hydrogen (secondary N) is 1. The summed E-state index contributed by atoms with van der Waals surface area (Å²) in [6.45, 7) is 6.17. The van der Waals surface area contributed by atoms with E-state index in [0.717, 1.165) is 18.3 Å². The summed E-state index contributed by atoms with van der Waals surface area (Å²) in [6, 6.07) is 12.6. The summed E-state index contributed by atoms with van der Waals surface area (Å²) in [5.41, 5.74) is 5.40. The fraction of sp³-hybridized carbons (Fsp3) is 0.312. The maximum absolute atomic E-state index is 9.14. The zero-order valence-corrected chi connectivity index (χ0v) is 12.7. The van der Waals surface area contributed by atoms with Crippen molar-refractivity contribution in [3.63, 3.8) is 0 Å². The van der Waals surface area contributed by atoms with Crippen LogP contribution in [0.4, 0.5) is 0 Å². The van der Waals surface area contributed by atoms with Crippen molar-refractivity contribution in [2.75, 3.05) is 7.05 Å². The second-order valence-electron chi connectivity index (χ2n) is 4.89. The average Bonchev–Trinajstić information content (AvgIpc) is 2.44. The molecule has 110 valence electrons. The standard InChI is InChI=1S/C15H16N2.CH3NO2/c1-10-12(3)17-14(9-16)11(2)15(10)13-7-5-4-6-8-13;1-2(3)4/h4-8,15,17H,1-3H3;1H3. The van der Waals surface area contributed by atoms with Crippen LogP contribution in [0.25, 0.3) is 0 Å². The van der Waals surface area contributed by atoms with Gasteiger partial charge in [0.2, 0.25) is 0 Å². The highest BCUT2D eigenvalue weighted by atomic mass is 16.6. The lowest BCUT2D eigenvalue weighted by molar-refractivity contribution is -0.445. The Balaban J connectivity index is 0.000000491. The lowest BCUT2D eigenvalue weighted by Gasteiger charge is -2.28. The molecule has 0 radical (unpaired) electrons. The molecule has 0 saturated heterocycles. The average molecular weight is 285 g/mol. The van der Waals surface area contributed by atoms with Crippen LogP contribution >= 0.6 is 0 Å². The summed E-state index contributed by atoms with van der Waals surface area (Å²) in [7, 11) is 0.889. The molecule has 0 spiro atoms. The van der Waals surface area contributed by atoms with Gasteiger partial charge in [-0.15, -0.1) is 0 Å². The van der Waals surface area contributed by atoms with Crippen LogP contribution in [-0.2, 0) is 0 Å². The number of dihydropyridines is 1. The minimum Gasteiger partial charge on any atom is -0.351 e. The largest absolute Gasteiger partial charge is 0.351 e. The van der Waals surface area contributed by atoms with Gasteiger partial charge in [-0.1, -0.05) is 30.3 Å². The monoisotopic (exact) mass is 285 g/mol. The zero-order chi connectivity index (χ0) is 16.0. The van der Waals surface area contributed by atoms with Gasteiger partial charge < -0.3 is 5.32 Å². The highest BCUT2D eigenvalue weighted by molar-refractivity contribution is 5.47. The van der Waals surface area contributed by atoms with Gasteiger partial charge >= 0.3 is 0 Å². The summed E-state index contributed by atoms with van der Waals surface area (Å²) < 4.78 is 0. The van der Waals surface area contributed by atoms with E-state index in [1.165, 1.54) is 11.1 Å². The Hall–Kier alpha value is -2.61. The predicted molar refractivity (Wildman–Crippen MR) is 81.9 cm³/mol. The van der Waals surface area contributed by atoms with E-state index in [0.29, 0.717) is 5.70 Å². The lowest BCUT2D eigenvalue weighted by atomic mass is 9.82. The first-order valence-corrected chi connectivity index (χ1v) is 6.56. The molecule has 1 unspecified atom stereocenters. The first-order chi connectivity index (χ1) is 9.88. The van der Waals surface area contributed by atoms with Crippen molar-refractivity contribution < 1.29 is 4.92 Å². The van der Waals surface area contributed by atoms with Crippen molar-refractivity contribution in [3.05, 3.63) is 68.5 Å². The highest BCUT2D eigenvalue weighted by Gasteiger charge is 2.24. The number of hydrogen-bond donors (Lipinski definition) is 1. The van der Waals surface area contributed by atoms with Crippen LogP contribution in [0.15, 0.2) is 52.9 Å². The van der Waals surface area contributed by atoms with E-state index in [4.69, 9.17) is 15.4 Å². The Bertz CT molecular complexity index is 621. The van der Waals surface area contributed by atoms with Gasteiger partial charge in [-0.05, 0) is 37.5 Å². The minimum absolute atomic E-state index is 0.229. The first kappa shape index (κ1) is 16.4. The smallest absolute Gasteiger partial charge is 0.194 e. The quantitative estimate of drug-likeness (QED) is 0.634. The molecule has 5 heteroatoms. The highest BCUT2D eigenvalue weighted by Crippen LogP contribution is 2.36. The van der Waals surface area contributed by atoms with E-state index in [-0.39, 0.29) is 5.92 Å². The third-order valence-electron chi connectivity index (χ3n) is 3.41. The normalized spacial score (nSPS) is 17.4. The number of hydrogen-bond acceptors (Lipinski definition) is 4. The van der Waals surface area contributed by atoms with Gasteiger partial charge in [0.1, 0.15) is 11.8 Å². The Morgan fingerprint density at radius 2 is 1.71 bits per heavy atom. The van der Waals surface area contributed by atoms with Crippen LogP contribution in [0.5, 0.6) is 0 Å². The van der Waals surface area contributed by atoms with E-state index in [2.05, 4.69) is 30.4 Å². The first-order valence-electron chi connectivity index (χ1n) is 6.56. The van der Waals surface area contributed by atoms with Crippen LogP contribution in [-0.4, -0.2) is 12.0 Å². The van der Waals surface area contributed by atoms with Crippen LogP contribution < -0.4 is 5.32 Å². The minimum atomic E-state index is -0.500. The van der Waals surface area contributed by atoms with Gasteiger partial charge in [0.15, 0.2) is 7.05 Å². The Morgan fingerprint density at radius 3 is 2.19 bits per heavy atom. The van der Waals surface area contributed by atoms with Gasteiger partial charge in [0.25, 0.3) is 0 Å². The number of benzene rings is 1. The summed E-state index contributed by atoms with van der Waals surface area (Å²) in [5.74, 6) is 0.229. The number of nitro groups is 1. The molecule has 0 amide bonds. The molecule has 1 N–H and O–H groups in total.